The van der Waals surface area contributed by atoms with Gasteiger partial charge in [0.25, 0.3) is 0 Å². The Morgan fingerprint density at radius 1 is 1.02 bits per heavy atom. The number of rotatable bonds is 22. The number of ether oxygens (including phenoxy) is 1. The minimum absolute atomic E-state index is 0.158. The van der Waals surface area contributed by atoms with E-state index in [1.54, 1.807) is 30.0 Å². The molecule has 0 aliphatic heterocycles. The van der Waals surface area contributed by atoms with Gasteiger partial charge in [-0.3, -0.25) is 4.79 Å². The van der Waals surface area contributed by atoms with Crippen molar-refractivity contribution in [1.29, 1.82) is 0 Å². The first kappa shape index (κ1) is 38.4. The zero-order valence-corrected chi connectivity index (χ0v) is 27.5. The molecular formula is C35H54N4O2S. The molecule has 0 atom stereocenters. The highest BCUT2D eigenvalue weighted by Crippen LogP contribution is 2.31. The van der Waals surface area contributed by atoms with Crippen LogP contribution in [0.2, 0.25) is 0 Å². The minimum Gasteiger partial charge on any atom is -0.494 e. The van der Waals surface area contributed by atoms with Crippen molar-refractivity contribution in [2.45, 2.75) is 79.1 Å². The fourth-order valence-electron chi connectivity index (χ4n) is 3.48. The number of carbonyl (C=O) groups is 1. The summed E-state index contributed by atoms with van der Waals surface area (Å²) in [7, 11) is 1.98. The normalized spacial score (nSPS) is 13.2. The van der Waals surface area contributed by atoms with Crippen LogP contribution in [0.25, 0.3) is 0 Å². The van der Waals surface area contributed by atoms with Crippen LogP contribution in [0.5, 0.6) is 0 Å². The smallest absolute Gasteiger partial charge is 0.229 e. The van der Waals surface area contributed by atoms with Crippen molar-refractivity contribution in [2.24, 2.45) is 11.5 Å². The zero-order valence-electron chi connectivity index (χ0n) is 26.6. The summed E-state index contributed by atoms with van der Waals surface area (Å²) < 4.78 is 5.81. The van der Waals surface area contributed by atoms with E-state index in [1.807, 2.05) is 57.0 Å². The first-order chi connectivity index (χ1) is 20.0. The average Bonchev–Trinajstić information content (AvgIpc) is 2.95. The molecule has 0 aromatic heterocycles. The Morgan fingerprint density at radius 2 is 1.71 bits per heavy atom. The molecule has 1 amide bonds. The van der Waals surface area contributed by atoms with Crippen molar-refractivity contribution in [1.82, 2.24) is 10.2 Å². The molecule has 0 aliphatic rings. The first-order valence-electron chi connectivity index (χ1n) is 14.5. The van der Waals surface area contributed by atoms with Crippen LogP contribution < -0.4 is 16.8 Å². The molecule has 6 nitrogen and oxygen atoms in total. The number of thioether (sulfide) groups is 1. The summed E-state index contributed by atoms with van der Waals surface area (Å²) in [5.41, 5.74) is 15.7. The summed E-state index contributed by atoms with van der Waals surface area (Å²) in [5, 5.41) is 3.56. The van der Waals surface area contributed by atoms with Crippen LogP contribution in [0, 0.1) is 0 Å². The highest BCUT2D eigenvalue weighted by atomic mass is 32.2. The van der Waals surface area contributed by atoms with E-state index in [1.165, 1.54) is 0 Å². The van der Waals surface area contributed by atoms with Crippen LogP contribution >= 0.6 is 11.8 Å². The lowest BCUT2D eigenvalue weighted by molar-refractivity contribution is -0.119. The maximum Gasteiger partial charge on any atom is 0.229 e. The average molecular weight is 595 g/mol. The number of nitrogens with zero attached hydrogens (tertiary/aromatic N) is 1. The summed E-state index contributed by atoms with van der Waals surface area (Å²) in [6.07, 6.45) is 21.4. The van der Waals surface area contributed by atoms with Gasteiger partial charge in [0.05, 0.1) is 11.6 Å². The molecule has 0 fully saturated rings. The number of allylic oxidation sites excluding steroid dienone is 11. The van der Waals surface area contributed by atoms with Gasteiger partial charge in [0.15, 0.2) is 0 Å². The molecule has 0 unspecified atom stereocenters. The fraction of sp³-hybridized carbons (Fsp3) is 0.400. The van der Waals surface area contributed by atoms with E-state index in [0.29, 0.717) is 18.7 Å². The Labute approximate surface area is 260 Å². The molecule has 0 rings (SSSR count). The molecule has 0 saturated heterocycles. The van der Waals surface area contributed by atoms with E-state index in [-0.39, 0.29) is 18.1 Å². The van der Waals surface area contributed by atoms with Gasteiger partial charge < -0.3 is 26.4 Å². The van der Waals surface area contributed by atoms with E-state index in [0.717, 1.165) is 71.1 Å². The number of nitrogens with two attached hydrogens (primary N) is 2. The second kappa shape index (κ2) is 23.0. The number of unbranched alkanes of at least 4 members (excludes halogenated alkanes) is 2. The van der Waals surface area contributed by atoms with Crippen molar-refractivity contribution in [3.8, 4) is 0 Å². The maximum absolute atomic E-state index is 12.1. The molecule has 0 aromatic carbocycles. The van der Waals surface area contributed by atoms with E-state index >= 15 is 0 Å². The number of carbonyl (C=O) groups excluding carboxylic acids is 1. The Balaban J connectivity index is 4.61. The molecule has 0 saturated carbocycles. The predicted octanol–water partition coefficient (Wildman–Crippen LogP) is 8.60. The van der Waals surface area contributed by atoms with E-state index < -0.39 is 0 Å². The van der Waals surface area contributed by atoms with Crippen LogP contribution in [0.4, 0.5) is 0 Å². The SMILES string of the molecule is C=C/C(=C\C(=C/C)CC(=C)N(C)C(=C)SC(=C)CCCC/C(N)=C/C=C(\N)NC(=O)C/C(C)=C/C=C\C)OCCCC. The van der Waals surface area contributed by atoms with Gasteiger partial charge in [-0.1, -0.05) is 81.3 Å². The number of nitrogens with one attached hydrogen (secondary N) is 1. The molecule has 0 aromatic rings. The van der Waals surface area contributed by atoms with Gasteiger partial charge in [0.1, 0.15) is 11.6 Å². The fourth-order valence-corrected chi connectivity index (χ4v) is 4.33. The summed E-state index contributed by atoms with van der Waals surface area (Å²) in [6, 6.07) is 0. The van der Waals surface area contributed by atoms with Crippen LogP contribution in [0.15, 0.2) is 119 Å². The lowest BCUT2D eigenvalue weighted by atomic mass is 10.1. The van der Waals surface area contributed by atoms with E-state index in [2.05, 4.69) is 44.6 Å². The molecule has 7 heteroatoms. The summed E-state index contributed by atoms with van der Waals surface area (Å²) in [6.45, 7) is 25.2. The van der Waals surface area contributed by atoms with Gasteiger partial charge >= 0.3 is 0 Å². The van der Waals surface area contributed by atoms with Gasteiger partial charge in [-0.25, -0.2) is 0 Å². The predicted molar refractivity (Wildman–Crippen MR) is 185 cm³/mol. The molecule has 0 heterocycles. The molecule has 5 N–H and O–H groups in total. The highest BCUT2D eigenvalue weighted by Gasteiger charge is 2.11. The largest absolute Gasteiger partial charge is 0.494 e. The van der Waals surface area contributed by atoms with Crippen molar-refractivity contribution in [3.05, 3.63) is 119 Å². The van der Waals surface area contributed by atoms with Crippen molar-refractivity contribution in [2.75, 3.05) is 13.7 Å². The quantitative estimate of drug-likeness (QED) is 0.0660. The van der Waals surface area contributed by atoms with Crippen LogP contribution in [-0.4, -0.2) is 24.5 Å². The monoisotopic (exact) mass is 594 g/mol. The van der Waals surface area contributed by atoms with Gasteiger partial charge in [0, 0.05) is 31.3 Å². The third-order valence-electron chi connectivity index (χ3n) is 6.13. The highest BCUT2D eigenvalue weighted by molar-refractivity contribution is 8.06. The summed E-state index contributed by atoms with van der Waals surface area (Å²) in [4.78, 5) is 15.1. The third kappa shape index (κ3) is 18.7. The Morgan fingerprint density at radius 3 is 2.33 bits per heavy atom. The molecule has 0 bridgehead atoms. The van der Waals surface area contributed by atoms with Crippen LogP contribution in [0.3, 0.4) is 0 Å². The van der Waals surface area contributed by atoms with Gasteiger partial charge in [-0.05, 0) is 87.7 Å². The topological polar surface area (TPSA) is 93.6 Å². The number of hydrogen-bond donors (Lipinski definition) is 3. The van der Waals surface area contributed by atoms with E-state index in [4.69, 9.17) is 16.2 Å². The first-order valence-corrected chi connectivity index (χ1v) is 15.4. The van der Waals surface area contributed by atoms with Crippen LogP contribution in [-0.2, 0) is 9.53 Å². The lowest BCUT2D eigenvalue weighted by Gasteiger charge is -2.24. The number of hydrogen-bond acceptors (Lipinski definition) is 6. The van der Waals surface area contributed by atoms with Crippen molar-refractivity contribution in [3.63, 3.8) is 0 Å². The maximum atomic E-state index is 12.1. The molecule has 0 aliphatic carbocycles. The Bertz CT molecular complexity index is 1110. The van der Waals surface area contributed by atoms with Gasteiger partial charge in [-0.15, -0.1) is 0 Å². The Hall–Kier alpha value is -3.58. The zero-order chi connectivity index (χ0) is 31.9. The van der Waals surface area contributed by atoms with E-state index in [9.17, 15) is 4.79 Å². The van der Waals surface area contributed by atoms with Gasteiger partial charge in [0.2, 0.25) is 5.91 Å². The second-order valence-electron chi connectivity index (χ2n) is 9.99. The molecule has 0 radical (unpaired) electrons. The summed E-state index contributed by atoms with van der Waals surface area (Å²) in [5.74, 6) is 0.887. The number of amides is 1. The molecule has 232 valence electrons. The minimum atomic E-state index is -0.158. The standard InChI is InChI=1S/C35H54N4O2S/c1-10-14-18-27(5)24-35(40)38-34(37)22-21-32(36)20-17-16-19-29(7)42-30(8)39(9)28(6)25-31(12-3)26-33(13-4)41-23-15-11-2/h10,12-14,18,21-22,26H,4,6-8,11,15-17,19-20,23-25,36-37H2,1-3,5,9H3,(H,38,40)/b14-10-,27-18+,31-12-,32-21-,33-26+,34-22+. The van der Waals surface area contributed by atoms with Gasteiger partial charge in [-0.2, -0.15) is 0 Å². The molecule has 0 spiro atoms. The second-order valence-corrected chi connectivity index (χ2v) is 11.2. The molecule has 42 heavy (non-hydrogen) atoms. The third-order valence-corrected chi connectivity index (χ3v) is 7.13. The summed E-state index contributed by atoms with van der Waals surface area (Å²) >= 11 is 1.57. The lowest BCUT2D eigenvalue weighted by Crippen LogP contribution is -2.27. The Kier molecular flexibility index (Phi) is 21.1. The van der Waals surface area contributed by atoms with Crippen molar-refractivity contribution < 1.29 is 9.53 Å². The van der Waals surface area contributed by atoms with Crippen molar-refractivity contribution >= 4 is 17.7 Å². The van der Waals surface area contributed by atoms with Crippen LogP contribution in [0.1, 0.15) is 79.1 Å². The molecular weight excluding hydrogens is 540 g/mol.